The van der Waals surface area contributed by atoms with Crippen molar-refractivity contribution in [3.63, 3.8) is 0 Å². The van der Waals surface area contributed by atoms with E-state index in [0.29, 0.717) is 0 Å². The molecule has 1 aromatic heterocycles. The summed E-state index contributed by atoms with van der Waals surface area (Å²) in [5.41, 5.74) is 1.87. The van der Waals surface area contributed by atoms with Crippen LogP contribution in [0.15, 0.2) is 42.5 Å². The van der Waals surface area contributed by atoms with Crippen molar-refractivity contribution in [3.8, 4) is 10.6 Å². The third-order valence-electron chi connectivity index (χ3n) is 3.22. The predicted octanol–water partition coefficient (Wildman–Crippen LogP) is 3.90. The Bertz CT molecular complexity index is 787. The van der Waals surface area contributed by atoms with Crippen LogP contribution in [-0.4, -0.2) is 16.1 Å². The normalized spacial score (nSPS) is 10.8. The maximum absolute atomic E-state index is 10.9. The van der Waals surface area contributed by atoms with Crippen molar-refractivity contribution in [1.82, 2.24) is 4.98 Å². The van der Waals surface area contributed by atoms with Crippen LogP contribution < -0.4 is 0 Å². The quantitative estimate of drug-likeness (QED) is 0.793. The van der Waals surface area contributed by atoms with Crippen LogP contribution in [0.2, 0.25) is 0 Å². The summed E-state index contributed by atoms with van der Waals surface area (Å²) in [4.78, 5) is 16.2. The van der Waals surface area contributed by atoms with E-state index in [1.165, 1.54) is 11.3 Å². The highest BCUT2D eigenvalue weighted by molar-refractivity contribution is 7.15. The first kappa shape index (κ1) is 12.8. The summed E-state index contributed by atoms with van der Waals surface area (Å²) >= 11 is 1.46. The summed E-state index contributed by atoms with van der Waals surface area (Å²) in [5, 5.41) is 12.1. The molecule has 0 atom stereocenters. The lowest BCUT2D eigenvalue weighted by molar-refractivity contribution is -0.136. The fourth-order valence-electron chi connectivity index (χ4n) is 2.26. The second-order valence-corrected chi connectivity index (χ2v) is 5.71. The maximum Gasteiger partial charge on any atom is 0.308 e. The number of benzene rings is 2. The van der Waals surface area contributed by atoms with Gasteiger partial charge >= 0.3 is 5.97 Å². The highest BCUT2D eigenvalue weighted by Gasteiger charge is 2.13. The van der Waals surface area contributed by atoms with E-state index in [1.807, 2.05) is 31.2 Å². The van der Waals surface area contributed by atoms with Crippen LogP contribution in [-0.2, 0) is 11.2 Å². The van der Waals surface area contributed by atoms with Crippen LogP contribution in [0.25, 0.3) is 21.3 Å². The second-order valence-electron chi connectivity index (χ2n) is 4.62. The van der Waals surface area contributed by atoms with Crippen LogP contribution >= 0.6 is 11.3 Å². The van der Waals surface area contributed by atoms with E-state index in [9.17, 15) is 4.79 Å². The number of aryl methyl sites for hydroxylation is 1. The van der Waals surface area contributed by atoms with Crippen LogP contribution in [0.5, 0.6) is 0 Å². The molecule has 0 amide bonds. The highest BCUT2D eigenvalue weighted by Crippen LogP contribution is 2.33. The molecule has 3 aromatic rings. The van der Waals surface area contributed by atoms with Gasteiger partial charge in [0.05, 0.1) is 12.1 Å². The average molecular weight is 283 g/mol. The van der Waals surface area contributed by atoms with Gasteiger partial charge in [0.15, 0.2) is 0 Å². The Morgan fingerprint density at radius 2 is 1.95 bits per heavy atom. The molecule has 100 valence electrons. The molecule has 0 radical (unpaired) electrons. The molecule has 0 aliphatic carbocycles. The van der Waals surface area contributed by atoms with Gasteiger partial charge in [-0.1, -0.05) is 42.5 Å². The molecule has 0 saturated carbocycles. The summed E-state index contributed by atoms with van der Waals surface area (Å²) in [7, 11) is 0. The Morgan fingerprint density at radius 3 is 2.75 bits per heavy atom. The standard InChI is InChI=1S/C16H13NO2S/c1-10-14(9-15(18)19)20-16(17-10)13-8-4-6-11-5-2-3-7-12(11)13/h2-8H,9H2,1H3,(H,18,19). The summed E-state index contributed by atoms with van der Waals surface area (Å²) in [6.07, 6.45) is 0.0360. The number of hydrogen-bond donors (Lipinski definition) is 1. The summed E-state index contributed by atoms with van der Waals surface area (Å²) < 4.78 is 0. The first-order valence-electron chi connectivity index (χ1n) is 6.31. The number of nitrogens with zero attached hydrogens (tertiary/aromatic N) is 1. The molecular formula is C16H13NO2S. The number of carboxylic acid groups (broad SMARTS) is 1. The van der Waals surface area contributed by atoms with Gasteiger partial charge in [-0.05, 0) is 17.7 Å². The van der Waals surface area contributed by atoms with Gasteiger partial charge in [-0.25, -0.2) is 4.98 Å². The van der Waals surface area contributed by atoms with E-state index in [-0.39, 0.29) is 6.42 Å². The molecule has 0 aliphatic rings. The van der Waals surface area contributed by atoms with Gasteiger partial charge in [0.25, 0.3) is 0 Å². The van der Waals surface area contributed by atoms with Crippen molar-refractivity contribution in [2.75, 3.05) is 0 Å². The molecule has 1 N–H and O–H groups in total. The Kier molecular flexibility index (Phi) is 3.24. The van der Waals surface area contributed by atoms with Crippen molar-refractivity contribution in [2.24, 2.45) is 0 Å². The Balaban J connectivity index is 2.14. The fraction of sp³-hybridized carbons (Fsp3) is 0.125. The summed E-state index contributed by atoms with van der Waals surface area (Å²) in [6.45, 7) is 1.86. The van der Waals surface area contributed by atoms with Gasteiger partial charge in [0.1, 0.15) is 5.01 Å². The molecule has 20 heavy (non-hydrogen) atoms. The minimum absolute atomic E-state index is 0.0360. The minimum atomic E-state index is -0.818. The second kappa shape index (κ2) is 5.06. The molecule has 0 fully saturated rings. The molecule has 0 spiro atoms. The molecule has 0 saturated heterocycles. The lowest BCUT2D eigenvalue weighted by Crippen LogP contribution is -1.99. The monoisotopic (exact) mass is 283 g/mol. The van der Waals surface area contributed by atoms with Gasteiger partial charge < -0.3 is 5.11 Å². The first-order valence-corrected chi connectivity index (χ1v) is 7.13. The van der Waals surface area contributed by atoms with E-state index in [2.05, 4.69) is 23.2 Å². The third-order valence-corrected chi connectivity index (χ3v) is 4.42. The number of aromatic nitrogens is 1. The summed E-state index contributed by atoms with van der Waals surface area (Å²) in [6, 6.07) is 14.3. The van der Waals surface area contributed by atoms with E-state index in [1.54, 1.807) is 0 Å². The number of carboxylic acids is 1. The van der Waals surface area contributed by atoms with E-state index >= 15 is 0 Å². The number of rotatable bonds is 3. The Hall–Kier alpha value is -2.20. The highest BCUT2D eigenvalue weighted by atomic mass is 32.1. The van der Waals surface area contributed by atoms with Crippen LogP contribution in [0.1, 0.15) is 10.6 Å². The molecule has 2 aromatic carbocycles. The number of thiazole rings is 1. The van der Waals surface area contributed by atoms with E-state index in [0.717, 1.165) is 31.9 Å². The van der Waals surface area contributed by atoms with Gasteiger partial charge in [-0.3, -0.25) is 4.79 Å². The van der Waals surface area contributed by atoms with Crippen molar-refractivity contribution in [3.05, 3.63) is 53.0 Å². The van der Waals surface area contributed by atoms with Crippen molar-refractivity contribution < 1.29 is 9.90 Å². The fourth-order valence-corrected chi connectivity index (χ4v) is 3.35. The molecule has 1 heterocycles. The molecule has 0 unspecified atom stereocenters. The van der Waals surface area contributed by atoms with Crippen LogP contribution in [0, 0.1) is 6.92 Å². The largest absolute Gasteiger partial charge is 0.481 e. The molecule has 0 bridgehead atoms. The smallest absolute Gasteiger partial charge is 0.308 e. The number of aliphatic carboxylic acids is 1. The minimum Gasteiger partial charge on any atom is -0.481 e. The predicted molar refractivity (Wildman–Crippen MR) is 81.1 cm³/mol. The zero-order valence-corrected chi connectivity index (χ0v) is 11.8. The van der Waals surface area contributed by atoms with Crippen LogP contribution in [0.3, 0.4) is 0 Å². The molecule has 4 heteroatoms. The van der Waals surface area contributed by atoms with Crippen molar-refractivity contribution in [2.45, 2.75) is 13.3 Å². The average Bonchev–Trinajstić information content (AvgIpc) is 2.78. The van der Waals surface area contributed by atoms with Crippen LogP contribution in [0.4, 0.5) is 0 Å². The molecular weight excluding hydrogens is 270 g/mol. The number of carbonyl (C=O) groups is 1. The van der Waals surface area contributed by atoms with Gasteiger partial charge in [0.2, 0.25) is 0 Å². The molecule has 3 nitrogen and oxygen atoms in total. The summed E-state index contributed by atoms with van der Waals surface area (Å²) in [5.74, 6) is -0.818. The molecule has 3 rings (SSSR count). The van der Waals surface area contributed by atoms with Crippen molar-refractivity contribution >= 4 is 28.1 Å². The Morgan fingerprint density at radius 1 is 1.20 bits per heavy atom. The zero-order chi connectivity index (χ0) is 14.1. The first-order chi connectivity index (χ1) is 9.65. The van der Waals surface area contributed by atoms with E-state index < -0.39 is 5.97 Å². The SMILES string of the molecule is Cc1nc(-c2cccc3ccccc23)sc1CC(=O)O. The van der Waals surface area contributed by atoms with Crippen molar-refractivity contribution in [1.29, 1.82) is 0 Å². The van der Waals surface area contributed by atoms with Gasteiger partial charge in [0, 0.05) is 10.4 Å². The topological polar surface area (TPSA) is 50.2 Å². The van der Waals surface area contributed by atoms with E-state index in [4.69, 9.17) is 5.11 Å². The Labute approximate surface area is 120 Å². The lowest BCUT2D eigenvalue weighted by atomic mass is 10.1. The van der Waals surface area contributed by atoms with Gasteiger partial charge in [-0.15, -0.1) is 11.3 Å². The number of hydrogen-bond acceptors (Lipinski definition) is 3. The maximum atomic E-state index is 10.9. The zero-order valence-electron chi connectivity index (χ0n) is 11.0. The lowest BCUT2D eigenvalue weighted by Gasteiger charge is -2.02. The number of fused-ring (bicyclic) bond motifs is 1. The third kappa shape index (κ3) is 2.30. The van der Waals surface area contributed by atoms with Gasteiger partial charge in [-0.2, -0.15) is 0 Å². The molecule has 0 aliphatic heterocycles.